The number of amides is 1. The summed E-state index contributed by atoms with van der Waals surface area (Å²) < 4.78 is 5.65. The summed E-state index contributed by atoms with van der Waals surface area (Å²) in [5.41, 5.74) is 3.76. The topological polar surface area (TPSA) is 38.3 Å². The summed E-state index contributed by atoms with van der Waals surface area (Å²) in [6, 6.07) is 11.3. The van der Waals surface area contributed by atoms with Gasteiger partial charge in [0.1, 0.15) is 12.4 Å². The summed E-state index contributed by atoms with van der Waals surface area (Å²) in [4.78, 5) is 11.9. The molecule has 0 aromatic heterocycles. The third-order valence-corrected chi connectivity index (χ3v) is 3.98. The van der Waals surface area contributed by atoms with Gasteiger partial charge in [0, 0.05) is 10.6 Å². The van der Waals surface area contributed by atoms with Gasteiger partial charge in [-0.2, -0.15) is 0 Å². The molecule has 3 nitrogen and oxygen atoms in total. The number of carbonyl (C=O) groups excluding carboxylic acids is 1. The van der Waals surface area contributed by atoms with Crippen LogP contribution in [0, 0.1) is 20.8 Å². The maximum absolute atomic E-state index is 11.9. The minimum Gasteiger partial charge on any atom is -0.492 e. The van der Waals surface area contributed by atoms with E-state index in [4.69, 9.17) is 16.3 Å². The minimum absolute atomic E-state index is 0.0907. The quantitative estimate of drug-likeness (QED) is 0.844. The fourth-order valence-corrected chi connectivity index (χ4v) is 2.24. The van der Waals surface area contributed by atoms with Gasteiger partial charge in [-0.3, -0.25) is 4.79 Å². The zero-order chi connectivity index (χ0) is 16.1. The standard InChI is InChI=1S/C18H20ClNO2/c1-12-4-6-15(7-5-12)18(21)20-8-9-22-16-10-13(2)17(19)14(3)11-16/h4-7,10-11H,8-9H2,1-3H3,(H,20,21). The monoisotopic (exact) mass is 317 g/mol. The van der Waals surface area contributed by atoms with Crippen LogP contribution in [0.15, 0.2) is 36.4 Å². The van der Waals surface area contributed by atoms with E-state index < -0.39 is 0 Å². The van der Waals surface area contributed by atoms with Crippen LogP contribution in [0.2, 0.25) is 5.02 Å². The van der Waals surface area contributed by atoms with Gasteiger partial charge >= 0.3 is 0 Å². The predicted molar refractivity (Wildman–Crippen MR) is 89.9 cm³/mol. The van der Waals surface area contributed by atoms with E-state index >= 15 is 0 Å². The van der Waals surface area contributed by atoms with Crippen molar-refractivity contribution >= 4 is 17.5 Å². The lowest BCUT2D eigenvalue weighted by Crippen LogP contribution is -2.28. The number of rotatable bonds is 5. The molecule has 2 rings (SSSR count). The van der Waals surface area contributed by atoms with Gasteiger partial charge in [0.2, 0.25) is 0 Å². The lowest BCUT2D eigenvalue weighted by Gasteiger charge is -2.10. The lowest BCUT2D eigenvalue weighted by atomic mass is 10.1. The fourth-order valence-electron chi connectivity index (χ4n) is 2.13. The molecule has 2 aromatic carbocycles. The molecule has 1 amide bonds. The average molecular weight is 318 g/mol. The number of hydrogen-bond acceptors (Lipinski definition) is 2. The summed E-state index contributed by atoms with van der Waals surface area (Å²) in [7, 11) is 0. The van der Waals surface area contributed by atoms with E-state index in [-0.39, 0.29) is 5.91 Å². The molecule has 0 fully saturated rings. The lowest BCUT2D eigenvalue weighted by molar-refractivity contribution is 0.0947. The first-order chi connectivity index (χ1) is 10.5. The first-order valence-corrected chi connectivity index (χ1v) is 7.59. The highest BCUT2D eigenvalue weighted by Crippen LogP contribution is 2.25. The van der Waals surface area contributed by atoms with E-state index in [0.29, 0.717) is 18.7 Å². The third-order valence-electron chi connectivity index (χ3n) is 3.38. The van der Waals surface area contributed by atoms with Crippen LogP contribution in [0.3, 0.4) is 0 Å². The number of ether oxygens (including phenoxy) is 1. The van der Waals surface area contributed by atoms with Crippen LogP contribution < -0.4 is 10.1 Å². The Kier molecular flexibility index (Phi) is 5.45. The Labute approximate surface area is 136 Å². The van der Waals surface area contributed by atoms with Crippen molar-refractivity contribution < 1.29 is 9.53 Å². The smallest absolute Gasteiger partial charge is 0.251 e. The molecule has 0 saturated carbocycles. The van der Waals surface area contributed by atoms with Crippen LogP contribution in [-0.2, 0) is 0 Å². The second kappa shape index (κ2) is 7.32. The van der Waals surface area contributed by atoms with E-state index in [2.05, 4.69) is 5.32 Å². The van der Waals surface area contributed by atoms with Crippen molar-refractivity contribution in [3.8, 4) is 5.75 Å². The molecule has 0 radical (unpaired) electrons. The number of benzene rings is 2. The number of carbonyl (C=O) groups is 1. The zero-order valence-corrected chi connectivity index (χ0v) is 13.8. The van der Waals surface area contributed by atoms with E-state index in [0.717, 1.165) is 27.5 Å². The number of hydrogen-bond donors (Lipinski definition) is 1. The molecule has 0 aliphatic rings. The van der Waals surface area contributed by atoms with Crippen LogP contribution in [0.1, 0.15) is 27.0 Å². The second-order valence-electron chi connectivity index (χ2n) is 5.34. The van der Waals surface area contributed by atoms with Gasteiger partial charge in [-0.15, -0.1) is 0 Å². The van der Waals surface area contributed by atoms with Crippen LogP contribution in [0.25, 0.3) is 0 Å². The molecular formula is C18H20ClNO2. The minimum atomic E-state index is -0.0907. The summed E-state index contributed by atoms with van der Waals surface area (Å²) in [6.07, 6.45) is 0. The van der Waals surface area contributed by atoms with Crippen molar-refractivity contribution in [3.05, 3.63) is 63.7 Å². The maximum atomic E-state index is 11.9. The van der Waals surface area contributed by atoms with Gasteiger partial charge in [0.25, 0.3) is 5.91 Å². The fraction of sp³-hybridized carbons (Fsp3) is 0.278. The SMILES string of the molecule is Cc1ccc(C(=O)NCCOc2cc(C)c(Cl)c(C)c2)cc1. The molecule has 22 heavy (non-hydrogen) atoms. The molecule has 0 unspecified atom stereocenters. The van der Waals surface area contributed by atoms with Crippen molar-refractivity contribution in [2.75, 3.05) is 13.2 Å². The summed E-state index contributed by atoms with van der Waals surface area (Å²) in [5, 5.41) is 3.60. The molecule has 0 aliphatic carbocycles. The first-order valence-electron chi connectivity index (χ1n) is 7.22. The van der Waals surface area contributed by atoms with Gasteiger partial charge in [-0.05, 0) is 56.2 Å². The molecule has 0 saturated heterocycles. The summed E-state index contributed by atoms with van der Waals surface area (Å²) in [6.45, 7) is 6.75. The molecule has 2 aromatic rings. The van der Waals surface area contributed by atoms with Gasteiger partial charge in [-0.1, -0.05) is 29.3 Å². The maximum Gasteiger partial charge on any atom is 0.251 e. The van der Waals surface area contributed by atoms with Crippen molar-refractivity contribution in [2.45, 2.75) is 20.8 Å². The number of nitrogens with one attached hydrogen (secondary N) is 1. The van der Waals surface area contributed by atoms with Crippen molar-refractivity contribution in [2.24, 2.45) is 0 Å². The predicted octanol–water partition coefficient (Wildman–Crippen LogP) is 4.07. The summed E-state index contributed by atoms with van der Waals surface area (Å²) >= 11 is 6.12. The van der Waals surface area contributed by atoms with Crippen LogP contribution in [0.5, 0.6) is 5.75 Å². The largest absolute Gasteiger partial charge is 0.492 e. The highest BCUT2D eigenvalue weighted by molar-refractivity contribution is 6.32. The molecule has 116 valence electrons. The Morgan fingerprint density at radius 1 is 1.09 bits per heavy atom. The van der Waals surface area contributed by atoms with E-state index in [1.54, 1.807) is 0 Å². The molecule has 4 heteroatoms. The zero-order valence-electron chi connectivity index (χ0n) is 13.1. The molecule has 0 bridgehead atoms. The Morgan fingerprint density at radius 2 is 1.68 bits per heavy atom. The molecule has 0 atom stereocenters. The van der Waals surface area contributed by atoms with E-state index in [1.807, 2.05) is 57.2 Å². The van der Waals surface area contributed by atoms with Gasteiger partial charge < -0.3 is 10.1 Å². The molecule has 0 aliphatic heterocycles. The summed E-state index contributed by atoms with van der Waals surface area (Å²) in [5.74, 6) is 0.677. The van der Waals surface area contributed by atoms with E-state index in [1.165, 1.54) is 0 Å². The Bertz CT molecular complexity index is 642. The number of halogens is 1. The van der Waals surface area contributed by atoms with Gasteiger partial charge in [0.15, 0.2) is 0 Å². The Balaban J connectivity index is 1.82. The van der Waals surface area contributed by atoms with Crippen LogP contribution >= 0.6 is 11.6 Å². The molecule has 0 heterocycles. The first kappa shape index (κ1) is 16.4. The highest BCUT2D eigenvalue weighted by atomic mass is 35.5. The Morgan fingerprint density at radius 3 is 2.27 bits per heavy atom. The van der Waals surface area contributed by atoms with Gasteiger partial charge in [0.05, 0.1) is 6.54 Å². The van der Waals surface area contributed by atoms with Gasteiger partial charge in [-0.25, -0.2) is 0 Å². The van der Waals surface area contributed by atoms with E-state index in [9.17, 15) is 4.79 Å². The van der Waals surface area contributed by atoms with Crippen molar-refractivity contribution in [1.29, 1.82) is 0 Å². The average Bonchev–Trinajstić information content (AvgIpc) is 2.49. The second-order valence-corrected chi connectivity index (χ2v) is 5.72. The molecule has 1 N–H and O–H groups in total. The highest BCUT2D eigenvalue weighted by Gasteiger charge is 2.05. The molecule has 0 spiro atoms. The normalized spacial score (nSPS) is 10.4. The van der Waals surface area contributed by atoms with Crippen molar-refractivity contribution in [3.63, 3.8) is 0 Å². The Hall–Kier alpha value is -2.00. The third kappa shape index (κ3) is 4.25. The van der Waals surface area contributed by atoms with Crippen LogP contribution in [-0.4, -0.2) is 19.1 Å². The molecular weight excluding hydrogens is 298 g/mol. The number of aryl methyl sites for hydroxylation is 3. The van der Waals surface area contributed by atoms with Crippen LogP contribution in [0.4, 0.5) is 0 Å². The van der Waals surface area contributed by atoms with Crippen molar-refractivity contribution in [1.82, 2.24) is 5.32 Å².